The van der Waals surface area contributed by atoms with Crippen LogP contribution in [0.5, 0.6) is 0 Å². The molecule has 0 aliphatic heterocycles. The summed E-state index contributed by atoms with van der Waals surface area (Å²) in [4.78, 5) is 3.84. The van der Waals surface area contributed by atoms with Gasteiger partial charge >= 0.3 is 0 Å². The first-order valence-corrected chi connectivity index (χ1v) is 6.07. The van der Waals surface area contributed by atoms with Crippen LogP contribution >= 0.6 is 11.6 Å². The van der Waals surface area contributed by atoms with E-state index in [1.54, 1.807) is 6.20 Å². The van der Waals surface area contributed by atoms with E-state index in [0.717, 1.165) is 16.8 Å². The predicted octanol–water partition coefficient (Wildman–Crippen LogP) is 4.36. The Bertz CT molecular complexity index is 557. The third kappa shape index (κ3) is 2.99. The summed E-state index contributed by atoms with van der Waals surface area (Å²) in [6.07, 6.45) is 2.84. The van der Waals surface area contributed by atoms with Crippen LogP contribution in [-0.4, -0.2) is 4.98 Å². The highest BCUT2D eigenvalue weighted by atomic mass is 35.5. The Labute approximate surface area is 111 Å². The minimum absolute atomic E-state index is 0.0352. The first-order valence-electron chi connectivity index (χ1n) is 5.69. The van der Waals surface area contributed by atoms with E-state index in [-0.39, 0.29) is 11.9 Å². The summed E-state index contributed by atoms with van der Waals surface area (Å²) in [6, 6.07) is 7.19. The summed E-state index contributed by atoms with van der Waals surface area (Å²) >= 11 is 6.06. The van der Waals surface area contributed by atoms with Gasteiger partial charge in [0, 0.05) is 16.9 Å². The van der Waals surface area contributed by atoms with E-state index in [9.17, 15) is 4.39 Å². The fourth-order valence-corrected chi connectivity index (χ4v) is 1.86. The summed E-state index contributed by atoms with van der Waals surface area (Å²) in [5.41, 5.74) is 2.73. The Morgan fingerprint density at radius 3 is 2.72 bits per heavy atom. The molecule has 0 amide bonds. The molecule has 2 aromatic rings. The second-order valence-electron chi connectivity index (χ2n) is 4.27. The SMILES string of the molecule is Cc1ccc(NC(C)c2cncc(F)c2)cc1Cl. The predicted molar refractivity (Wildman–Crippen MR) is 72.4 cm³/mol. The van der Waals surface area contributed by atoms with Gasteiger partial charge in [-0.25, -0.2) is 4.39 Å². The van der Waals surface area contributed by atoms with Gasteiger partial charge in [0.2, 0.25) is 0 Å². The summed E-state index contributed by atoms with van der Waals surface area (Å²) < 4.78 is 13.1. The van der Waals surface area contributed by atoms with Gasteiger partial charge in [-0.15, -0.1) is 0 Å². The van der Waals surface area contributed by atoms with Gasteiger partial charge in [-0.05, 0) is 43.2 Å². The quantitative estimate of drug-likeness (QED) is 0.891. The molecule has 1 N–H and O–H groups in total. The molecule has 0 saturated carbocycles. The van der Waals surface area contributed by atoms with Crippen molar-refractivity contribution in [2.24, 2.45) is 0 Å². The number of pyridine rings is 1. The number of nitrogens with one attached hydrogen (secondary N) is 1. The fraction of sp³-hybridized carbons (Fsp3) is 0.214. The van der Waals surface area contributed by atoms with E-state index in [1.807, 2.05) is 32.0 Å². The molecule has 0 fully saturated rings. The van der Waals surface area contributed by atoms with Crippen LogP contribution < -0.4 is 5.32 Å². The molecule has 0 radical (unpaired) electrons. The minimum atomic E-state index is -0.330. The zero-order valence-electron chi connectivity index (χ0n) is 10.2. The highest BCUT2D eigenvalue weighted by Gasteiger charge is 2.07. The summed E-state index contributed by atoms with van der Waals surface area (Å²) in [5, 5.41) is 3.97. The van der Waals surface area contributed by atoms with Crippen molar-refractivity contribution in [2.45, 2.75) is 19.9 Å². The molecule has 1 aromatic carbocycles. The molecule has 94 valence electrons. The summed E-state index contributed by atoms with van der Waals surface area (Å²) in [5.74, 6) is -0.330. The first kappa shape index (κ1) is 12.8. The van der Waals surface area contributed by atoms with Crippen molar-refractivity contribution in [3.8, 4) is 0 Å². The third-order valence-electron chi connectivity index (χ3n) is 2.78. The van der Waals surface area contributed by atoms with Crippen LogP contribution in [0, 0.1) is 12.7 Å². The van der Waals surface area contributed by atoms with Gasteiger partial charge in [0.25, 0.3) is 0 Å². The number of halogens is 2. The number of hydrogen-bond acceptors (Lipinski definition) is 2. The Kier molecular flexibility index (Phi) is 3.82. The first-order chi connectivity index (χ1) is 8.56. The lowest BCUT2D eigenvalue weighted by atomic mass is 10.1. The van der Waals surface area contributed by atoms with Crippen LogP contribution in [0.3, 0.4) is 0 Å². The van der Waals surface area contributed by atoms with Crippen LogP contribution in [0.25, 0.3) is 0 Å². The van der Waals surface area contributed by atoms with E-state index in [2.05, 4.69) is 10.3 Å². The van der Waals surface area contributed by atoms with Crippen molar-refractivity contribution in [3.05, 3.63) is 58.6 Å². The number of benzene rings is 1. The Hall–Kier alpha value is -1.61. The highest BCUT2D eigenvalue weighted by Crippen LogP contribution is 2.24. The number of rotatable bonds is 3. The molecule has 18 heavy (non-hydrogen) atoms. The van der Waals surface area contributed by atoms with Gasteiger partial charge < -0.3 is 5.32 Å². The maximum atomic E-state index is 13.1. The largest absolute Gasteiger partial charge is 0.378 e. The van der Waals surface area contributed by atoms with E-state index >= 15 is 0 Å². The number of aromatic nitrogens is 1. The minimum Gasteiger partial charge on any atom is -0.378 e. The number of hydrogen-bond donors (Lipinski definition) is 1. The normalized spacial score (nSPS) is 12.2. The van der Waals surface area contributed by atoms with Gasteiger partial charge in [0.1, 0.15) is 5.82 Å². The van der Waals surface area contributed by atoms with Crippen molar-refractivity contribution < 1.29 is 4.39 Å². The van der Waals surface area contributed by atoms with Crippen LogP contribution in [0.4, 0.5) is 10.1 Å². The molecular weight excluding hydrogens is 251 g/mol. The lowest BCUT2D eigenvalue weighted by molar-refractivity contribution is 0.616. The van der Waals surface area contributed by atoms with Gasteiger partial charge in [0.15, 0.2) is 0 Å². The molecule has 0 aliphatic rings. The fourth-order valence-electron chi connectivity index (χ4n) is 1.68. The maximum Gasteiger partial charge on any atom is 0.141 e. The van der Waals surface area contributed by atoms with Crippen molar-refractivity contribution in [1.82, 2.24) is 4.98 Å². The van der Waals surface area contributed by atoms with Crippen molar-refractivity contribution >= 4 is 17.3 Å². The Balaban J connectivity index is 2.16. The van der Waals surface area contributed by atoms with E-state index in [0.29, 0.717) is 5.02 Å². The second kappa shape index (κ2) is 5.36. The summed E-state index contributed by atoms with van der Waals surface area (Å²) in [6.45, 7) is 3.90. The van der Waals surface area contributed by atoms with Gasteiger partial charge in [0.05, 0.1) is 12.2 Å². The maximum absolute atomic E-state index is 13.1. The molecule has 0 bridgehead atoms. The second-order valence-corrected chi connectivity index (χ2v) is 4.67. The molecule has 0 saturated heterocycles. The van der Waals surface area contributed by atoms with Crippen molar-refractivity contribution in [2.75, 3.05) is 5.32 Å². The van der Waals surface area contributed by atoms with Crippen LogP contribution in [0.2, 0.25) is 5.02 Å². The van der Waals surface area contributed by atoms with Crippen LogP contribution in [-0.2, 0) is 0 Å². The number of anilines is 1. The molecule has 0 aliphatic carbocycles. The Morgan fingerprint density at radius 1 is 1.28 bits per heavy atom. The molecule has 2 rings (SSSR count). The van der Waals surface area contributed by atoms with E-state index in [1.165, 1.54) is 12.3 Å². The molecule has 1 unspecified atom stereocenters. The number of aryl methyl sites for hydroxylation is 1. The molecular formula is C14H14ClFN2. The zero-order chi connectivity index (χ0) is 13.1. The topological polar surface area (TPSA) is 24.9 Å². The zero-order valence-corrected chi connectivity index (χ0v) is 11.0. The molecule has 0 spiro atoms. The highest BCUT2D eigenvalue weighted by molar-refractivity contribution is 6.31. The van der Waals surface area contributed by atoms with Crippen molar-refractivity contribution in [1.29, 1.82) is 0 Å². The van der Waals surface area contributed by atoms with E-state index < -0.39 is 0 Å². The van der Waals surface area contributed by atoms with Crippen LogP contribution in [0.1, 0.15) is 24.1 Å². The van der Waals surface area contributed by atoms with E-state index in [4.69, 9.17) is 11.6 Å². The van der Waals surface area contributed by atoms with Gasteiger partial charge in [-0.3, -0.25) is 4.98 Å². The summed E-state index contributed by atoms with van der Waals surface area (Å²) in [7, 11) is 0. The molecule has 4 heteroatoms. The van der Waals surface area contributed by atoms with Gasteiger partial charge in [-0.1, -0.05) is 17.7 Å². The third-order valence-corrected chi connectivity index (χ3v) is 3.19. The molecule has 1 aromatic heterocycles. The molecule has 1 atom stereocenters. The lowest BCUT2D eigenvalue weighted by Crippen LogP contribution is -2.07. The van der Waals surface area contributed by atoms with Crippen LogP contribution in [0.15, 0.2) is 36.7 Å². The average Bonchev–Trinajstić information content (AvgIpc) is 2.34. The molecule has 2 nitrogen and oxygen atoms in total. The van der Waals surface area contributed by atoms with Gasteiger partial charge in [-0.2, -0.15) is 0 Å². The molecule has 1 heterocycles. The monoisotopic (exact) mass is 264 g/mol. The van der Waals surface area contributed by atoms with Crippen molar-refractivity contribution in [3.63, 3.8) is 0 Å². The average molecular weight is 265 g/mol. The standard InChI is InChI=1S/C14H14ClFN2/c1-9-3-4-13(6-14(9)15)18-10(2)11-5-12(16)8-17-7-11/h3-8,10,18H,1-2H3. The number of nitrogens with zero attached hydrogens (tertiary/aromatic N) is 1. The smallest absolute Gasteiger partial charge is 0.141 e. The lowest BCUT2D eigenvalue weighted by Gasteiger charge is -2.16. The Morgan fingerprint density at radius 2 is 2.06 bits per heavy atom.